The average molecular weight is 203 g/mol. The SMILES string of the molecule is C=C(C)CNc1nccn2c(C)nnc12. The molecule has 0 saturated heterocycles. The Labute approximate surface area is 87.9 Å². The number of rotatable bonds is 3. The standard InChI is InChI=1S/C10H13N5/c1-7(2)6-12-9-10-14-13-8(3)15(10)5-4-11-9/h4-5H,1,6H2,2-3H3,(H,11,12). The maximum atomic E-state index is 4.22. The van der Waals surface area contributed by atoms with Crippen LogP contribution in [0.3, 0.4) is 0 Å². The van der Waals surface area contributed by atoms with Gasteiger partial charge in [-0.15, -0.1) is 10.2 Å². The lowest BCUT2D eigenvalue weighted by atomic mass is 10.3. The largest absolute Gasteiger partial charge is 0.363 e. The summed E-state index contributed by atoms with van der Waals surface area (Å²) >= 11 is 0. The van der Waals surface area contributed by atoms with Crippen molar-refractivity contribution < 1.29 is 0 Å². The van der Waals surface area contributed by atoms with Crippen LogP contribution in [0.2, 0.25) is 0 Å². The summed E-state index contributed by atoms with van der Waals surface area (Å²) < 4.78 is 1.90. The fourth-order valence-electron chi connectivity index (χ4n) is 1.30. The highest BCUT2D eigenvalue weighted by Crippen LogP contribution is 2.11. The van der Waals surface area contributed by atoms with Gasteiger partial charge in [-0.3, -0.25) is 4.40 Å². The van der Waals surface area contributed by atoms with E-state index in [1.165, 1.54) is 0 Å². The van der Waals surface area contributed by atoms with Gasteiger partial charge >= 0.3 is 0 Å². The van der Waals surface area contributed by atoms with E-state index in [1.54, 1.807) is 6.20 Å². The van der Waals surface area contributed by atoms with Crippen molar-refractivity contribution in [1.29, 1.82) is 0 Å². The molecule has 0 aliphatic heterocycles. The highest BCUT2D eigenvalue weighted by molar-refractivity contribution is 5.62. The third kappa shape index (κ3) is 1.81. The molecule has 5 nitrogen and oxygen atoms in total. The van der Waals surface area contributed by atoms with Gasteiger partial charge in [0, 0.05) is 18.9 Å². The summed E-state index contributed by atoms with van der Waals surface area (Å²) in [5, 5.41) is 11.2. The van der Waals surface area contributed by atoms with E-state index in [2.05, 4.69) is 27.1 Å². The first-order valence-corrected chi connectivity index (χ1v) is 4.73. The van der Waals surface area contributed by atoms with Crippen LogP contribution in [0.25, 0.3) is 5.65 Å². The Morgan fingerprint density at radius 3 is 3.07 bits per heavy atom. The second-order valence-corrected chi connectivity index (χ2v) is 3.53. The molecule has 2 aromatic heterocycles. The van der Waals surface area contributed by atoms with Crippen LogP contribution in [0, 0.1) is 6.92 Å². The summed E-state index contributed by atoms with van der Waals surface area (Å²) in [6.07, 6.45) is 3.57. The zero-order valence-corrected chi connectivity index (χ0v) is 8.86. The Morgan fingerprint density at radius 2 is 2.33 bits per heavy atom. The van der Waals surface area contributed by atoms with E-state index >= 15 is 0 Å². The van der Waals surface area contributed by atoms with Crippen molar-refractivity contribution >= 4 is 11.5 Å². The lowest BCUT2D eigenvalue weighted by Crippen LogP contribution is -2.05. The van der Waals surface area contributed by atoms with Crippen LogP contribution in [0.15, 0.2) is 24.5 Å². The van der Waals surface area contributed by atoms with E-state index in [0.717, 1.165) is 22.9 Å². The molecule has 0 bridgehead atoms. The van der Waals surface area contributed by atoms with Gasteiger partial charge in [-0.1, -0.05) is 12.2 Å². The van der Waals surface area contributed by atoms with Gasteiger partial charge in [0.1, 0.15) is 5.82 Å². The summed E-state index contributed by atoms with van der Waals surface area (Å²) in [4.78, 5) is 4.22. The first kappa shape index (κ1) is 9.64. The molecule has 2 rings (SSSR count). The quantitative estimate of drug-likeness (QED) is 0.766. The fraction of sp³-hybridized carbons (Fsp3) is 0.300. The third-order valence-electron chi connectivity index (χ3n) is 2.06. The lowest BCUT2D eigenvalue weighted by molar-refractivity contribution is 1.00. The van der Waals surface area contributed by atoms with E-state index in [1.807, 2.05) is 24.4 Å². The maximum absolute atomic E-state index is 4.22. The normalized spacial score (nSPS) is 10.5. The van der Waals surface area contributed by atoms with Crippen molar-refractivity contribution in [2.24, 2.45) is 0 Å². The summed E-state index contributed by atoms with van der Waals surface area (Å²) in [6.45, 7) is 8.38. The van der Waals surface area contributed by atoms with Crippen molar-refractivity contribution in [3.63, 3.8) is 0 Å². The number of nitrogens with one attached hydrogen (secondary N) is 1. The Morgan fingerprint density at radius 1 is 1.53 bits per heavy atom. The van der Waals surface area contributed by atoms with Crippen LogP contribution in [0.5, 0.6) is 0 Å². The molecule has 0 aliphatic carbocycles. The fourth-order valence-corrected chi connectivity index (χ4v) is 1.30. The minimum Gasteiger partial charge on any atom is -0.363 e. The van der Waals surface area contributed by atoms with Gasteiger partial charge in [0.15, 0.2) is 5.82 Å². The molecule has 0 aromatic carbocycles. The molecule has 2 heterocycles. The summed E-state index contributed by atoms with van der Waals surface area (Å²) in [6, 6.07) is 0. The van der Waals surface area contributed by atoms with Crippen LogP contribution < -0.4 is 5.32 Å². The molecule has 1 N–H and O–H groups in total. The van der Waals surface area contributed by atoms with Gasteiger partial charge in [0.2, 0.25) is 5.65 Å². The van der Waals surface area contributed by atoms with Crippen LogP contribution >= 0.6 is 0 Å². The van der Waals surface area contributed by atoms with Gasteiger partial charge in [-0.25, -0.2) is 4.98 Å². The molecular formula is C10H13N5. The monoisotopic (exact) mass is 203 g/mol. The first-order chi connectivity index (χ1) is 7.18. The van der Waals surface area contributed by atoms with Gasteiger partial charge in [0.05, 0.1) is 0 Å². The van der Waals surface area contributed by atoms with Gasteiger partial charge < -0.3 is 5.32 Å². The molecule has 78 valence electrons. The molecule has 0 amide bonds. The number of aryl methyl sites for hydroxylation is 1. The van der Waals surface area contributed by atoms with Crippen LogP contribution in [-0.4, -0.2) is 26.1 Å². The highest BCUT2D eigenvalue weighted by atomic mass is 15.3. The minimum absolute atomic E-state index is 0.693. The van der Waals surface area contributed by atoms with Crippen molar-refractivity contribution in [1.82, 2.24) is 19.6 Å². The van der Waals surface area contributed by atoms with Crippen molar-refractivity contribution in [3.05, 3.63) is 30.4 Å². The van der Waals surface area contributed by atoms with Crippen LogP contribution in [-0.2, 0) is 0 Å². The zero-order chi connectivity index (χ0) is 10.8. The van der Waals surface area contributed by atoms with E-state index in [-0.39, 0.29) is 0 Å². The molecule has 15 heavy (non-hydrogen) atoms. The topological polar surface area (TPSA) is 55.1 Å². The molecule has 0 fully saturated rings. The molecule has 5 heteroatoms. The summed E-state index contributed by atoms with van der Waals surface area (Å²) in [5.74, 6) is 1.59. The van der Waals surface area contributed by atoms with Crippen LogP contribution in [0.1, 0.15) is 12.7 Å². The predicted molar refractivity (Wildman–Crippen MR) is 58.8 cm³/mol. The van der Waals surface area contributed by atoms with Crippen LogP contribution in [0.4, 0.5) is 5.82 Å². The number of hydrogen-bond donors (Lipinski definition) is 1. The Kier molecular flexibility index (Phi) is 2.37. The lowest BCUT2D eigenvalue weighted by Gasteiger charge is -2.05. The molecule has 0 saturated carbocycles. The Bertz CT molecular complexity index is 499. The molecule has 0 aliphatic rings. The smallest absolute Gasteiger partial charge is 0.203 e. The Balaban J connectivity index is 2.38. The van der Waals surface area contributed by atoms with Crippen molar-refractivity contribution in [2.75, 3.05) is 11.9 Å². The molecular weight excluding hydrogens is 190 g/mol. The second-order valence-electron chi connectivity index (χ2n) is 3.53. The molecule has 0 radical (unpaired) electrons. The molecule has 0 atom stereocenters. The van der Waals surface area contributed by atoms with Gasteiger partial charge in [-0.05, 0) is 13.8 Å². The van der Waals surface area contributed by atoms with E-state index in [4.69, 9.17) is 0 Å². The molecule has 0 spiro atoms. The third-order valence-corrected chi connectivity index (χ3v) is 2.06. The van der Waals surface area contributed by atoms with Crippen molar-refractivity contribution in [3.8, 4) is 0 Å². The van der Waals surface area contributed by atoms with E-state index < -0.39 is 0 Å². The number of fused-ring (bicyclic) bond motifs is 1. The molecule has 2 aromatic rings. The number of nitrogens with zero attached hydrogens (tertiary/aromatic N) is 4. The maximum Gasteiger partial charge on any atom is 0.203 e. The molecule has 0 unspecified atom stereocenters. The van der Waals surface area contributed by atoms with Gasteiger partial charge in [-0.2, -0.15) is 0 Å². The number of aromatic nitrogens is 4. The number of anilines is 1. The van der Waals surface area contributed by atoms with Crippen molar-refractivity contribution in [2.45, 2.75) is 13.8 Å². The first-order valence-electron chi connectivity index (χ1n) is 4.73. The predicted octanol–water partition coefficient (Wildman–Crippen LogP) is 1.42. The zero-order valence-electron chi connectivity index (χ0n) is 8.86. The number of hydrogen-bond acceptors (Lipinski definition) is 4. The second kappa shape index (κ2) is 3.68. The highest BCUT2D eigenvalue weighted by Gasteiger charge is 2.06. The minimum atomic E-state index is 0.693. The average Bonchev–Trinajstić information content (AvgIpc) is 2.58. The Hall–Kier alpha value is -1.91. The van der Waals surface area contributed by atoms with Gasteiger partial charge in [0.25, 0.3) is 0 Å². The van der Waals surface area contributed by atoms with E-state index in [9.17, 15) is 0 Å². The van der Waals surface area contributed by atoms with E-state index in [0.29, 0.717) is 6.54 Å². The summed E-state index contributed by atoms with van der Waals surface area (Å²) in [7, 11) is 0. The summed E-state index contributed by atoms with van der Waals surface area (Å²) in [5.41, 5.74) is 1.80.